The first-order valence-corrected chi connectivity index (χ1v) is 4.52. The van der Waals surface area contributed by atoms with Crippen LogP contribution in [0.1, 0.15) is 26.2 Å². The molecule has 0 spiro atoms. The third kappa shape index (κ3) is 0.902. The average Bonchev–Trinajstić information content (AvgIpc) is 1.76. The summed E-state index contributed by atoms with van der Waals surface area (Å²) in [5.74, 6) is -1.63. The first-order valence-electron chi connectivity index (χ1n) is 4.52. The van der Waals surface area contributed by atoms with Crippen LogP contribution in [0.25, 0.3) is 0 Å². The molecule has 3 fully saturated rings. The molecule has 80 valence electrons. The number of rotatable bonds is 2. The van der Waals surface area contributed by atoms with Gasteiger partial charge in [0.05, 0.1) is 11.3 Å². The van der Waals surface area contributed by atoms with Gasteiger partial charge in [-0.1, -0.05) is 6.92 Å². The SMILES string of the molecule is CC(C(=O)O)C12CC(C(F)(F)F)(C1)C2. The van der Waals surface area contributed by atoms with Gasteiger partial charge in [-0.15, -0.1) is 0 Å². The zero-order chi connectivity index (χ0) is 10.8. The molecule has 3 aliphatic rings. The fourth-order valence-electron chi connectivity index (χ4n) is 2.89. The Balaban J connectivity index is 2.04. The second kappa shape index (κ2) is 2.25. The Bertz CT molecular complexity index is 275. The van der Waals surface area contributed by atoms with E-state index < -0.39 is 28.9 Å². The minimum atomic E-state index is -4.15. The van der Waals surface area contributed by atoms with E-state index in [1.807, 2.05) is 0 Å². The summed E-state index contributed by atoms with van der Waals surface area (Å²) in [7, 11) is 0. The zero-order valence-corrected chi connectivity index (χ0v) is 7.69. The maximum Gasteiger partial charge on any atom is 0.394 e. The minimum Gasteiger partial charge on any atom is -0.481 e. The molecule has 1 unspecified atom stereocenters. The second-order valence-corrected chi connectivity index (χ2v) is 4.73. The maximum absolute atomic E-state index is 12.4. The van der Waals surface area contributed by atoms with E-state index >= 15 is 0 Å². The third-order valence-corrected chi connectivity index (χ3v) is 3.96. The lowest BCUT2D eigenvalue weighted by molar-refractivity contribution is -0.372. The van der Waals surface area contributed by atoms with E-state index in [4.69, 9.17) is 5.11 Å². The summed E-state index contributed by atoms with van der Waals surface area (Å²) >= 11 is 0. The molecule has 14 heavy (non-hydrogen) atoms. The summed E-state index contributed by atoms with van der Waals surface area (Å²) in [5, 5.41) is 8.71. The van der Waals surface area contributed by atoms with Gasteiger partial charge in [0.25, 0.3) is 0 Å². The summed E-state index contributed by atoms with van der Waals surface area (Å²) in [6.45, 7) is 1.50. The monoisotopic (exact) mass is 208 g/mol. The number of carboxylic acid groups (broad SMARTS) is 1. The van der Waals surface area contributed by atoms with E-state index in [0.29, 0.717) is 0 Å². The van der Waals surface area contributed by atoms with Gasteiger partial charge >= 0.3 is 12.1 Å². The normalized spacial score (nSPS) is 42.3. The highest BCUT2D eigenvalue weighted by Crippen LogP contribution is 2.80. The van der Waals surface area contributed by atoms with E-state index in [-0.39, 0.29) is 19.3 Å². The third-order valence-electron chi connectivity index (χ3n) is 3.96. The van der Waals surface area contributed by atoms with E-state index in [1.54, 1.807) is 0 Å². The van der Waals surface area contributed by atoms with Crippen LogP contribution in [-0.4, -0.2) is 17.3 Å². The van der Waals surface area contributed by atoms with Crippen molar-refractivity contribution in [2.75, 3.05) is 0 Å². The van der Waals surface area contributed by atoms with Gasteiger partial charge in [-0.05, 0) is 24.7 Å². The van der Waals surface area contributed by atoms with Gasteiger partial charge in [0.15, 0.2) is 0 Å². The van der Waals surface area contributed by atoms with Crippen molar-refractivity contribution in [1.82, 2.24) is 0 Å². The molecule has 1 atom stereocenters. The molecule has 0 radical (unpaired) electrons. The molecule has 0 heterocycles. The maximum atomic E-state index is 12.4. The number of carboxylic acids is 1. The second-order valence-electron chi connectivity index (χ2n) is 4.73. The molecule has 5 heteroatoms. The largest absolute Gasteiger partial charge is 0.481 e. The number of aliphatic carboxylic acids is 1. The van der Waals surface area contributed by atoms with Crippen molar-refractivity contribution in [2.45, 2.75) is 32.4 Å². The molecule has 0 aromatic heterocycles. The number of carbonyl (C=O) groups is 1. The quantitative estimate of drug-likeness (QED) is 0.756. The highest BCUT2D eigenvalue weighted by Gasteiger charge is 2.80. The predicted octanol–water partition coefficient (Wildman–Crippen LogP) is 2.44. The van der Waals surface area contributed by atoms with Gasteiger partial charge < -0.3 is 5.11 Å². The summed E-state index contributed by atoms with van der Waals surface area (Å²) in [6, 6.07) is 0. The van der Waals surface area contributed by atoms with Crippen LogP contribution < -0.4 is 0 Å². The molecule has 0 amide bonds. The standard InChI is InChI=1S/C9H11F3O2/c1-5(6(13)14)7-2-8(3-7,4-7)9(10,11)12/h5H,2-4H2,1H3,(H,13,14). The highest BCUT2D eigenvalue weighted by molar-refractivity contribution is 5.71. The summed E-state index contributed by atoms with van der Waals surface area (Å²) in [6.07, 6.45) is -4.11. The first kappa shape index (κ1) is 9.80. The molecule has 3 aliphatic carbocycles. The van der Waals surface area contributed by atoms with Gasteiger partial charge in [0.2, 0.25) is 0 Å². The van der Waals surface area contributed by atoms with Crippen molar-refractivity contribution < 1.29 is 23.1 Å². The Morgan fingerprint density at radius 2 is 1.79 bits per heavy atom. The highest BCUT2D eigenvalue weighted by atomic mass is 19.4. The fourth-order valence-corrected chi connectivity index (χ4v) is 2.89. The van der Waals surface area contributed by atoms with Crippen LogP contribution in [0.15, 0.2) is 0 Å². The number of hydrogen-bond acceptors (Lipinski definition) is 1. The Labute approximate surface area is 79.1 Å². The zero-order valence-electron chi connectivity index (χ0n) is 7.69. The van der Waals surface area contributed by atoms with E-state index in [0.717, 1.165) is 0 Å². The number of alkyl halides is 3. The minimum absolute atomic E-state index is 0.0109. The van der Waals surface area contributed by atoms with Crippen LogP contribution in [0, 0.1) is 16.7 Å². The van der Waals surface area contributed by atoms with Gasteiger partial charge in [-0.2, -0.15) is 13.2 Å². The molecule has 1 N–H and O–H groups in total. The van der Waals surface area contributed by atoms with Crippen molar-refractivity contribution in [2.24, 2.45) is 16.7 Å². The summed E-state index contributed by atoms with van der Waals surface area (Å²) in [4.78, 5) is 10.6. The lowest BCUT2D eigenvalue weighted by Gasteiger charge is -2.72. The molecule has 2 nitrogen and oxygen atoms in total. The van der Waals surface area contributed by atoms with Crippen LogP contribution in [0.5, 0.6) is 0 Å². The van der Waals surface area contributed by atoms with Crippen LogP contribution in [0.2, 0.25) is 0 Å². The molecule has 0 saturated heterocycles. The Morgan fingerprint density at radius 3 is 2.07 bits per heavy atom. The molecule has 0 aromatic carbocycles. The lowest BCUT2D eigenvalue weighted by Crippen LogP contribution is -2.70. The van der Waals surface area contributed by atoms with Crippen LogP contribution in [-0.2, 0) is 4.79 Å². The van der Waals surface area contributed by atoms with Crippen LogP contribution >= 0.6 is 0 Å². The number of hydrogen-bond donors (Lipinski definition) is 1. The average molecular weight is 208 g/mol. The smallest absolute Gasteiger partial charge is 0.394 e. The van der Waals surface area contributed by atoms with Crippen molar-refractivity contribution in [3.8, 4) is 0 Å². The summed E-state index contributed by atoms with van der Waals surface area (Å²) < 4.78 is 37.2. The van der Waals surface area contributed by atoms with Gasteiger partial charge in [0.1, 0.15) is 0 Å². The molecular weight excluding hydrogens is 197 g/mol. The van der Waals surface area contributed by atoms with Crippen molar-refractivity contribution in [1.29, 1.82) is 0 Å². The predicted molar refractivity (Wildman–Crippen MR) is 41.6 cm³/mol. The van der Waals surface area contributed by atoms with Gasteiger partial charge in [-0.3, -0.25) is 4.79 Å². The van der Waals surface area contributed by atoms with E-state index in [1.165, 1.54) is 6.92 Å². The molecule has 0 aliphatic heterocycles. The molecule has 2 bridgehead atoms. The Hall–Kier alpha value is -0.740. The molecule has 0 aromatic rings. The Morgan fingerprint density at radius 1 is 1.36 bits per heavy atom. The summed E-state index contributed by atoms with van der Waals surface area (Å²) in [5.41, 5.74) is -2.09. The molecule has 3 saturated carbocycles. The van der Waals surface area contributed by atoms with Crippen LogP contribution in [0.3, 0.4) is 0 Å². The van der Waals surface area contributed by atoms with Crippen LogP contribution in [0.4, 0.5) is 13.2 Å². The topological polar surface area (TPSA) is 37.3 Å². The van der Waals surface area contributed by atoms with Crippen molar-refractivity contribution in [3.63, 3.8) is 0 Å². The van der Waals surface area contributed by atoms with Crippen molar-refractivity contribution >= 4 is 5.97 Å². The molecule has 3 rings (SSSR count). The van der Waals surface area contributed by atoms with E-state index in [9.17, 15) is 18.0 Å². The van der Waals surface area contributed by atoms with Crippen molar-refractivity contribution in [3.05, 3.63) is 0 Å². The number of halogens is 3. The van der Waals surface area contributed by atoms with E-state index in [2.05, 4.69) is 0 Å². The first-order chi connectivity index (χ1) is 6.23. The lowest BCUT2D eigenvalue weighted by atomic mass is 9.32. The van der Waals surface area contributed by atoms with Gasteiger partial charge in [0, 0.05) is 0 Å². The Kier molecular flexibility index (Phi) is 1.58. The molecular formula is C9H11F3O2. The van der Waals surface area contributed by atoms with Gasteiger partial charge in [-0.25, -0.2) is 0 Å². The fraction of sp³-hybridized carbons (Fsp3) is 0.889.